The van der Waals surface area contributed by atoms with E-state index >= 15 is 0 Å². The number of fused-ring (bicyclic) bond motifs is 2. The Labute approximate surface area is 391 Å². The van der Waals surface area contributed by atoms with Gasteiger partial charge in [-0.2, -0.15) is 0 Å². The van der Waals surface area contributed by atoms with Gasteiger partial charge in [-0.1, -0.05) is 38.1 Å². The Hall–Kier alpha value is -5.71. The number of sulfonamides is 1. The SMILES string of the molecule is Cc1c[nH]c2ncc(Oc3cc(N4CCC5(CC4)CC(N4CCC[C@@H]4c4ccccc4C(C)C)C5)ccc3C(=O)NS(=O)(=O)c3cc4c(c([N+](=O)[O-])c3)N[C@@H]([C@H]3CC[C@](C)(O)CC3)CO4)cc12. The highest BCUT2D eigenvalue weighted by Gasteiger charge is 2.50. The maximum Gasteiger partial charge on any atom is 0.297 e. The standard InChI is InChI=1S/C51H61N7O8S/c1-31(2)38-8-5-6-9-39(38)43-10-7-19-57(43)35-26-51(27-35)17-20-56(21-18-51)34-11-12-40(45(22-34)66-36-23-41-32(3)28-52-48(41)53-29-36)49(59)55-67(63,64)37-24-44(58(61)62)47-46(25-37)65-30-42(54-47)33-13-15-50(4,60)16-14-33/h5-6,8-9,11-12,22-25,28-29,31,33,35,42-43,54,60H,7,10,13-21,26-27,30H2,1-4H3,(H,52,53)(H,55,59)/t33-,42-,43-,50-/m1/s1. The number of aliphatic hydroxyl groups is 1. The normalized spacial score (nSPS) is 24.2. The number of ether oxygens (including phenoxy) is 2. The van der Waals surface area contributed by atoms with Gasteiger partial charge in [-0.25, -0.2) is 18.1 Å². The van der Waals surface area contributed by atoms with Crippen molar-refractivity contribution in [1.29, 1.82) is 0 Å². The third kappa shape index (κ3) is 8.83. The number of aromatic amines is 1. The first-order chi connectivity index (χ1) is 32.1. The lowest BCUT2D eigenvalue weighted by molar-refractivity contribution is -0.384. The van der Waals surface area contributed by atoms with Crippen molar-refractivity contribution in [2.24, 2.45) is 11.3 Å². The van der Waals surface area contributed by atoms with Crippen molar-refractivity contribution < 1.29 is 32.7 Å². The number of pyridine rings is 1. The Morgan fingerprint density at radius 3 is 2.54 bits per heavy atom. The molecule has 10 rings (SSSR count). The van der Waals surface area contributed by atoms with Gasteiger partial charge in [0.2, 0.25) is 0 Å². The van der Waals surface area contributed by atoms with Gasteiger partial charge in [0.25, 0.3) is 21.6 Å². The van der Waals surface area contributed by atoms with E-state index in [9.17, 15) is 28.4 Å². The summed E-state index contributed by atoms with van der Waals surface area (Å²) in [5.74, 6) is 0.150. The summed E-state index contributed by atoms with van der Waals surface area (Å²) in [6.45, 7) is 11.3. The molecule has 1 spiro atoms. The molecular weight excluding hydrogens is 871 g/mol. The van der Waals surface area contributed by atoms with E-state index in [4.69, 9.17) is 9.47 Å². The van der Waals surface area contributed by atoms with E-state index in [1.165, 1.54) is 42.9 Å². The number of carbonyl (C=O) groups excluding carboxylic acids is 1. The van der Waals surface area contributed by atoms with Gasteiger partial charge < -0.3 is 29.8 Å². The predicted octanol–water partition coefficient (Wildman–Crippen LogP) is 9.51. The molecular formula is C51H61N7O8S. The van der Waals surface area contributed by atoms with Gasteiger partial charge >= 0.3 is 0 Å². The van der Waals surface area contributed by atoms with Crippen LogP contribution in [0.25, 0.3) is 11.0 Å². The minimum absolute atomic E-state index is 0.00536. The molecule has 2 saturated heterocycles. The third-order valence-corrected chi connectivity index (χ3v) is 16.9. The zero-order chi connectivity index (χ0) is 46.8. The number of H-pyrrole nitrogens is 1. The number of likely N-dealkylation sites (tertiary alicyclic amines) is 1. The van der Waals surface area contributed by atoms with Crippen molar-refractivity contribution >= 4 is 44.0 Å². The van der Waals surface area contributed by atoms with Crippen molar-refractivity contribution in [2.75, 3.05) is 36.5 Å². The van der Waals surface area contributed by atoms with Crippen molar-refractivity contribution in [3.63, 3.8) is 0 Å². The van der Waals surface area contributed by atoms with Crippen LogP contribution in [-0.2, 0) is 10.0 Å². The smallest absolute Gasteiger partial charge is 0.297 e. The fraction of sp³-hybridized carbons (Fsp3) is 0.490. The lowest BCUT2D eigenvalue weighted by atomic mass is 9.59. The summed E-state index contributed by atoms with van der Waals surface area (Å²) in [6, 6.07) is 18.9. The molecule has 3 aliphatic heterocycles. The van der Waals surface area contributed by atoms with Crippen molar-refractivity contribution in [2.45, 2.75) is 126 Å². The highest BCUT2D eigenvalue weighted by atomic mass is 32.2. The highest BCUT2D eigenvalue weighted by Crippen LogP contribution is 2.54. The van der Waals surface area contributed by atoms with E-state index in [0.717, 1.165) is 55.2 Å². The number of piperidine rings is 1. The molecule has 5 aromatic rings. The Bertz CT molecular complexity index is 2820. The first-order valence-electron chi connectivity index (χ1n) is 23.9. The van der Waals surface area contributed by atoms with Crippen LogP contribution >= 0.6 is 0 Å². The van der Waals surface area contributed by atoms with Gasteiger partial charge in [0.1, 0.15) is 23.8 Å². The molecule has 15 nitrogen and oxygen atoms in total. The Balaban J connectivity index is 0.863. The molecule has 2 atom stereocenters. The number of anilines is 2. The van der Waals surface area contributed by atoms with Crippen LogP contribution in [0.5, 0.6) is 17.2 Å². The number of amides is 1. The molecule has 1 amide bonds. The van der Waals surface area contributed by atoms with Gasteiger partial charge in [0.05, 0.1) is 33.2 Å². The van der Waals surface area contributed by atoms with Gasteiger partial charge in [0.15, 0.2) is 11.4 Å². The van der Waals surface area contributed by atoms with Crippen molar-refractivity contribution in [3.05, 3.63) is 105 Å². The summed E-state index contributed by atoms with van der Waals surface area (Å²) in [4.78, 5) is 38.2. The second kappa shape index (κ2) is 17.4. The Kier molecular flexibility index (Phi) is 11.7. The van der Waals surface area contributed by atoms with Crippen LogP contribution in [-0.4, -0.2) is 83.1 Å². The fourth-order valence-electron chi connectivity index (χ4n) is 11.7. The minimum atomic E-state index is -4.66. The summed E-state index contributed by atoms with van der Waals surface area (Å²) in [5.41, 5.74) is 4.56. The third-order valence-electron chi connectivity index (χ3n) is 15.6. The first kappa shape index (κ1) is 45.1. The molecule has 0 unspecified atom stereocenters. The molecule has 4 fully saturated rings. The number of benzene rings is 3. The molecule has 5 heterocycles. The van der Waals surface area contributed by atoms with Gasteiger partial charge in [0, 0.05) is 60.6 Å². The predicted molar refractivity (Wildman–Crippen MR) is 257 cm³/mol. The molecule has 5 aliphatic rings. The van der Waals surface area contributed by atoms with Crippen LogP contribution in [0.1, 0.15) is 124 Å². The molecule has 2 saturated carbocycles. The fourth-order valence-corrected chi connectivity index (χ4v) is 12.7. The van der Waals surface area contributed by atoms with Crippen LogP contribution in [0.3, 0.4) is 0 Å². The molecule has 2 aliphatic carbocycles. The number of carbonyl (C=O) groups is 1. The maximum absolute atomic E-state index is 14.2. The average molecular weight is 932 g/mol. The number of aromatic nitrogens is 2. The van der Waals surface area contributed by atoms with E-state index < -0.39 is 37.0 Å². The average Bonchev–Trinajstić information content (AvgIpc) is 3.94. The van der Waals surface area contributed by atoms with E-state index in [-0.39, 0.29) is 41.3 Å². The summed E-state index contributed by atoms with van der Waals surface area (Å²) in [5, 5.41) is 26.9. The second-order valence-corrected chi connectivity index (χ2v) is 22.1. The quantitative estimate of drug-likeness (QED) is 0.0726. The number of nitrogens with one attached hydrogen (secondary N) is 3. The Morgan fingerprint density at radius 2 is 1.79 bits per heavy atom. The topological polar surface area (TPSA) is 192 Å². The molecule has 354 valence electrons. The van der Waals surface area contributed by atoms with Crippen LogP contribution in [0.15, 0.2) is 78.0 Å². The summed E-state index contributed by atoms with van der Waals surface area (Å²) < 4.78 is 42.6. The number of hydrogen-bond donors (Lipinski definition) is 4. The molecule has 2 aromatic heterocycles. The van der Waals surface area contributed by atoms with Crippen LogP contribution in [0.4, 0.5) is 17.1 Å². The van der Waals surface area contributed by atoms with E-state index in [2.05, 4.69) is 67.9 Å². The van der Waals surface area contributed by atoms with Gasteiger partial charge in [-0.15, -0.1) is 0 Å². The molecule has 16 heteroatoms. The van der Waals surface area contributed by atoms with E-state index in [1.807, 2.05) is 32.2 Å². The zero-order valence-electron chi connectivity index (χ0n) is 38.7. The summed E-state index contributed by atoms with van der Waals surface area (Å²) in [7, 11) is -4.66. The number of nitrogens with zero attached hydrogens (tertiary/aromatic N) is 4. The van der Waals surface area contributed by atoms with Gasteiger partial charge in [-0.3, -0.25) is 19.8 Å². The second-order valence-electron chi connectivity index (χ2n) is 20.5. The molecule has 0 bridgehead atoms. The van der Waals surface area contributed by atoms with Crippen molar-refractivity contribution in [3.8, 4) is 17.2 Å². The number of hydrogen-bond acceptors (Lipinski definition) is 12. The maximum atomic E-state index is 14.2. The first-order valence-corrected chi connectivity index (χ1v) is 25.4. The number of nitro benzene ring substituents is 1. The number of nitro groups is 1. The van der Waals surface area contributed by atoms with Gasteiger partial charge in [-0.05, 0) is 137 Å². The Morgan fingerprint density at radius 1 is 1.03 bits per heavy atom. The van der Waals surface area contributed by atoms with Crippen molar-refractivity contribution in [1.82, 2.24) is 19.6 Å². The largest absolute Gasteiger partial charge is 0.489 e. The minimum Gasteiger partial charge on any atom is -0.489 e. The molecule has 67 heavy (non-hydrogen) atoms. The highest BCUT2D eigenvalue weighted by molar-refractivity contribution is 7.90. The summed E-state index contributed by atoms with van der Waals surface area (Å²) in [6.07, 6.45) is 12.9. The zero-order valence-corrected chi connectivity index (χ0v) is 39.5. The number of rotatable bonds is 11. The van der Waals surface area contributed by atoms with Crippen LogP contribution < -0.4 is 24.4 Å². The van der Waals surface area contributed by atoms with Crippen LogP contribution in [0.2, 0.25) is 0 Å². The lowest BCUT2D eigenvalue weighted by Crippen LogP contribution is -2.54. The van der Waals surface area contributed by atoms with E-state index in [1.54, 1.807) is 18.3 Å². The van der Waals surface area contributed by atoms with Crippen LogP contribution in [0, 0.1) is 28.4 Å². The monoisotopic (exact) mass is 931 g/mol. The molecule has 3 aromatic carbocycles. The number of aryl methyl sites for hydroxylation is 1. The van der Waals surface area contributed by atoms with E-state index in [0.29, 0.717) is 60.5 Å². The molecule has 0 radical (unpaired) electrons. The summed E-state index contributed by atoms with van der Waals surface area (Å²) >= 11 is 0. The molecule has 4 N–H and O–H groups in total. The lowest BCUT2D eigenvalue weighted by Gasteiger charge is -2.56.